The van der Waals surface area contributed by atoms with Gasteiger partial charge in [0.25, 0.3) is 0 Å². The van der Waals surface area contributed by atoms with E-state index >= 15 is 0 Å². The molecule has 2 rings (SSSR count). The molecule has 17 heavy (non-hydrogen) atoms. The molecule has 2 fully saturated rings. The van der Waals surface area contributed by atoms with Crippen LogP contribution in [0.5, 0.6) is 0 Å². The van der Waals surface area contributed by atoms with Crippen LogP contribution in [0.4, 0.5) is 0 Å². The largest absolute Gasteiger partial charge is 0.374 e. The smallest absolute Gasteiger partial charge is 0.0829 e. The van der Waals surface area contributed by atoms with Crippen molar-refractivity contribution in [2.24, 2.45) is 0 Å². The van der Waals surface area contributed by atoms with Crippen molar-refractivity contribution in [1.82, 2.24) is 15.1 Å². The number of hydrogen-bond acceptors (Lipinski definition) is 4. The summed E-state index contributed by atoms with van der Waals surface area (Å²) in [6, 6.07) is 0. The Bertz CT molecular complexity index is 233. The second kappa shape index (κ2) is 5.65. The van der Waals surface area contributed by atoms with Crippen molar-refractivity contribution in [3.05, 3.63) is 0 Å². The van der Waals surface area contributed by atoms with Crippen LogP contribution in [0.3, 0.4) is 0 Å². The fraction of sp³-hybridized carbons (Fsp3) is 1.00. The minimum Gasteiger partial charge on any atom is -0.374 e. The van der Waals surface area contributed by atoms with E-state index in [0.29, 0.717) is 6.10 Å². The van der Waals surface area contributed by atoms with E-state index in [1.54, 1.807) is 0 Å². The number of ether oxygens (including phenoxy) is 1. The number of nitrogens with one attached hydrogen (secondary N) is 1. The quantitative estimate of drug-likeness (QED) is 0.757. The molecule has 0 bridgehead atoms. The van der Waals surface area contributed by atoms with Gasteiger partial charge in [0.15, 0.2) is 0 Å². The molecule has 2 heterocycles. The van der Waals surface area contributed by atoms with Gasteiger partial charge in [-0.25, -0.2) is 0 Å². The van der Waals surface area contributed by atoms with Crippen LogP contribution in [0.1, 0.15) is 20.8 Å². The lowest BCUT2D eigenvalue weighted by Gasteiger charge is -2.43. The van der Waals surface area contributed by atoms with Gasteiger partial charge in [0.05, 0.1) is 12.7 Å². The van der Waals surface area contributed by atoms with Gasteiger partial charge in [-0.15, -0.1) is 0 Å². The predicted octanol–water partition coefficient (Wildman–Crippen LogP) is 0.391. The van der Waals surface area contributed by atoms with Gasteiger partial charge < -0.3 is 10.1 Å². The van der Waals surface area contributed by atoms with Crippen LogP contribution in [-0.4, -0.2) is 73.9 Å². The van der Waals surface area contributed by atoms with Gasteiger partial charge in [-0.2, -0.15) is 0 Å². The molecule has 4 heteroatoms. The standard InChI is InChI=1S/C13H27N3O/c1-13(2,3)16-8-9-17-12(11-16)10-15-6-4-14-5-7-15/h12,14H,4-11H2,1-3H3. The lowest BCUT2D eigenvalue weighted by atomic mass is 10.0. The zero-order valence-corrected chi connectivity index (χ0v) is 11.5. The Kier molecular flexibility index (Phi) is 4.42. The van der Waals surface area contributed by atoms with Gasteiger partial charge in [0, 0.05) is 51.4 Å². The summed E-state index contributed by atoms with van der Waals surface area (Å²) in [7, 11) is 0. The summed E-state index contributed by atoms with van der Waals surface area (Å²) in [5.41, 5.74) is 0.269. The number of rotatable bonds is 2. The fourth-order valence-corrected chi connectivity index (χ4v) is 2.62. The highest BCUT2D eigenvalue weighted by molar-refractivity contribution is 4.83. The molecule has 2 aliphatic heterocycles. The molecule has 1 unspecified atom stereocenters. The number of nitrogens with zero attached hydrogens (tertiary/aromatic N) is 2. The number of hydrogen-bond donors (Lipinski definition) is 1. The fourth-order valence-electron chi connectivity index (χ4n) is 2.62. The molecular weight excluding hydrogens is 214 g/mol. The maximum absolute atomic E-state index is 5.90. The third-order valence-corrected chi connectivity index (χ3v) is 3.76. The lowest BCUT2D eigenvalue weighted by Crippen LogP contribution is -2.55. The summed E-state index contributed by atoms with van der Waals surface area (Å²) < 4.78 is 5.90. The Morgan fingerprint density at radius 2 is 1.88 bits per heavy atom. The molecule has 1 atom stereocenters. The van der Waals surface area contributed by atoms with Crippen molar-refractivity contribution < 1.29 is 4.74 Å². The normalized spacial score (nSPS) is 29.5. The van der Waals surface area contributed by atoms with Crippen molar-refractivity contribution in [3.8, 4) is 0 Å². The second-order valence-corrected chi connectivity index (χ2v) is 6.16. The van der Waals surface area contributed by atoms with Crippen LogP contribution >= 0.6 is 0 Å². The van der Waals surface area contributed by atoms with Crippen molar-refractivity contribution in [3.63, 3.8) is 0 Å². The van der Waals surface area contributed by atoms with Gasteiger partial charge in [-0.05, 0) is 20.8 Å². The SMILES string of the molecule is CC(C)(C)N1CCOC(CN2CCNCC2)C1. The van der Waals surface area contributed by atoms with Crippen LogP contribution in [0.15, 0.2) is 0 Å². The van der Waals surface area contributed by atoms with Gasteiger partial charge in [-0.1, -0.05) is 0 Å². The first-order valence-electron chi connectivity index (χ1n) is 6.85. The zero-order chi connectivity index (χ0) is 12.3. The van der Waals surface area contributed by atoms with Crippen molar-refractivity contribution in [1.29, 1.82) is 0 Å². The molecule has 100 valence electrons. The number of piperazine rings is 1. The molecule has 4 nitrogen and oxygen atoms in total. The molecular formula is C13H27N3O. The Morgan fingerprint density at radius 1 is 1.18 bits per heavy atom. The first-order chi connectivity index (χ1) is 8.05. The van der Waals surface area contributed by atoms with E-state index in [-0.39, 0.29) is 5.54 Å². The average Bonchev–Trinajstić information content (AvgIpc) is 2.29. The maximum Gasteiger partial charge on any atom is 0.0829 e. The molecule has 1 N–H and O–H groups in total. The molecule has 0 aromatic heterocycles. The predicted molar refractivity (Wildman–Crippen MR) is 70.4 cm³/mol. The first-order valence-corrected chi connectivity index (χ1v) is 6.85. The molecule has 2 saturated heterocycles. The van der Waals surface area contributed by atoms with Gasteiger partial charge in [-0.3, -0.25) is 9.80 Å². The van der Waals surface area contributed by atoms with Crippen LogP contribution in [0, 0.1) is 0 Å². The summed E-state index contributed by atoms with van der Waals surface area (Å²) in [5, 5.41) is 3.39. The third kappa shape index (κ3) is 3.91. The maximum atomic E-state index is 5.90. The Balaban J connectivity index is 1.80. The van der Waals surface area contributed by atoms with E-state index in [1.165, 1.54) is 0 Å². The van der Waals surface area contributed by atoms with Gasteiger partial charge in [0.1, 0.15) is 0 Å². The van der Waals surface area contributed by atoms with Crippen LogP contribution < -0.4 is 5.32 Å². The number of morpholine rings is 1. The Morgan fingerprint density at radius 3 is 2.53 bits per heavy atom. The van der Waals surface area contributed by atoms with Gasteiger partial charge >= 0.3 is 0 Å². The van der Waals surface area contributed by atoms with E-state index in [9.17, 15) is 0 Å². The molecule has 0 saturated carbocycles. The van der Waals surface area contributed by atoms with Crippen molar-refractivity contribution >= 4 is 0 Å². The molecule has 0 spiro atoms. The van der Waals surface area contributed by atoms with Crippen molar-refractivity contribution in [2.45, 2.75) is 32.4 Å². The summed E-state index contributed by atoms with van der Waals surface area (Å²) in [6.07, 6.45) is 0.390. The summed E-state index contributed by atoms with van der Waals surface area (Å²) in [4.78, 5) is 5.07. The van der Waals surface area contributed by atoms with Crippen molar-refractivity contribution in [2.75, 3.05) is 52.4 Å². The topological polar surface area (TPSA) is 27.7 Å². The Hall–Kier alpha value is -0.160. The summed E-state index contributed by atoms with van der Waals surface area (Å²) >= 11 is 0. The highest BCUT2D eigenvalue weighted by Crippen LogP contribution is 2.18. The molecule has 0 aromatic carbocycles. The van der Waals surface area contributed by atoms with E-state index in [4.69, 9.17) is 4.74 Å². The summed E-state index contributed by atoms with van der Waals surface area (Å²) in [5.74, 6) is 0. The minimum absolute atomic E-state index is 0.269. The average molecular weight is 241 g/mol. The van der Waals surface area contributed by atoms with E-state index in [1.807, 2.05) is 0 Å². The molecule has 0 radical (unpaired) electrons. The van der Waals surface area contributed by atoms with E-state index < -0.39 is 0 Å². The van der Waals surface area contributed by atoms with E-state index in [2.05, 4.69) is 35.9 Å². The molecule has 2 aliphatic rings. The van der Waals surface area contributed by atoms with Crippen LogP contribution in [0.2, 0.25) is 0 Å². The second-order valence-electron chi connectivity index (χ2n) is 6.16. The van der Waals surface area contributed by atoms with E-state index in [0.717, 1.165) is 52.4 Å². The highest BCUT2D eigenvalue weighted by atomic mass is 16.5. The van der Waals surface area contributed by atoms with Crippen LogP contribution in [-0.2, 0) is 4.74 Å². The first kappa shape index (κ1) is 13.3. The minimum atomic E-state index is 0.269. The Labute approximate surface area is 105 Å². The molecule has 0 aromatic rings. The van der Waals surface area contributed by atoms with Crippen LogP contribution in [0.25, 0.3) is 0 Å². The molecule has 0 aliphatic carbocycles. The van der Waals surface area contributed by atoms with Gasteiger partial charge in [0.2, 0.25) is 0 Å². The lowest BCUT2D eigenvalue weighted by molar-refractivity contribution is -0.0697. The zero-order valence-electron chi connectivity index (χ0n) is 11.5. The summed E-state index contributed by atoms with van der Waals surface area (Å²) in [6.45, 7) is 15.6. The third-order valence-electron chi connectivity index (χ3n) is 3.76. The monoisotopic (exact) mass is 241 g/mol. The molecule has 0 amide bonds. The highest BCUT2D eigenvalue weighted by Gasteiger charge is 2.29.